The lowest BCUT2D eigenvalue weighted by atomic mass is 9.87. The zero-order valence-corrected chi connectivity index (χ0v) is 10.3. The van der Waals surface area contributed by atoms with E-state index >= 15 is 0 Å². The number of aromatic nitrogens is 1. The second-order valence-electron chi connectivity index (χ2n) is 4.56. The third-order valence-electron chi connectivity index (χ3n) is 3.12. The van der Waals surface area contributed by atoms with E-state index in [2.05, 4.69) is 17.1 Å². The van der Waals surface area contributed by atoms with Crippen LogP contribution in [0.25, 0.3) is 10.8 Å². The summed E-state index contributed by atoms with van der Waals surface area (Å²) in [6.07, 6.45) is 4.47. The molecule has 0 spiro atoms. The lowest BCUT2D eigenvalue weighted by molar-refractivity contribution is 0.172. The van der Waals surface area contributed by atoms with E-state index in [4.69, 9.17) is 10.5 Å². The third kappa shape index (κ3) is 2.46. The van der Waals surface area contributed by atoms with Gasteiger partial charge in [-0.05, 0) is 30.4 Å². The van der Waals surface area contributed by atoms with Crippen LogP contribution in [0.1, 0.15) is 18.9 Å². The summed E-state index contributed by atoms with van der Waals surface area (Å²) >= 11 is 0. The first-order valence-electron chi connectivity index (χ1n) is 5.76. The van der Waals surface area contributed by atoms with Crippen molar-refractivity contribution in [3.8, 4) is 0 Å². The van der Waals surface area contributed by atoms with Crippen molar-refractivity contribution in [2.75, 3.05) is 13.7 Å². The Morgan fingerprint density at radius 2 is 2.18 bits per heavy atom. The Morgan fingerprint density at radius 1 is 1.35 bits per heavy atom. The fourth-order valence-electron chi connectivity index (χ4n) is 2.07. The molecule has 0 fully saturated rings. The van der Waals surface area contributed by atoms with Crippen LogP contribution in [0.3, 0.4) is 0 Å². The Kier molecular flexibility index (Phi) is 3.41. The standard InChI is InChI=1S/C14H18N2O/c1-14(15,7-9-17-2)13-5-3-4-11-10-16-8-6-12(11)13/h3-6,8,10H,7,9,15H2,1-2H3. The first kappa shape index (κ1) is 12.0. The Morgan fingerprint density at radius 3 is 2.94 bits per heavy atom. The molecule has 1 heterocycles. The van der Waals surface area contributed by atoms with Gasteiger partial charge in [-0.1, -0.05) is 18.2 Å². The van der Waals surface area contributed by atoms with Crippen molar-refractivity contribution in [1.82, 2.24) is 4.98 Å². The van der Waals surface area contributed by atoms with E-state index in [9.17, 15) is 0 Å². The summed E-state index contributed by atoms with van der Waals surface area (Å²) in [5, 5.41) is 2.29. The van der Waals surface area contributed by atoms with Gasteiger partial charge in [-0.15, -0.1) is 0 Å². The quantitative estimate of drug-likeness (QED) is 0.877. The number of hydrogen-bond donors (Lipinski definition) is 1. The topological polar surface area (TPSA) is 48.1 Å². The molecule has 0 radical (unpaired) electrons. The van der Waals surface area contributed by atoms with E-state index in [0.29, 0.717) is 6.61 Å². The first-order valence-corrected chi connectivity index (χ1v) is 5.76. The Bertz CT molecular complexity index is 503. The van der Waals surface area contributed by atoms with Gasteiger partial charge in [-0.25, -0.2) is 0 Å². The molecule has 1 atom stereocenters. The number of ether oxygens (including phenoxy) is 1. The zero-order valence-electron chi connectivity index (χ0n) is 10.3. The highest BCUT2D eigenvalue weighted by Crippen LogP contribution is 2.28. The fourth-order valence-corrected chi connectivity index (χ4v) is 2.07. The van der Waals surface area contributed by atoms with E-state index < -0.39 is 0 Å². The molecule has 3 heteroatoms. The molecule has 3 nitrogen and oxygen atoms in total. The van der Waals surface area contributed by atoms with Crippen molar-refractivity contribution in [3.63, 3.8) is 0 Å². The van der Waals surface area contributed by atoms with Crippen molar-refractivity contribution >= 4 is 10.8 Å². The molecule has 0 bridgehead atoms. The van der Waals surface area contributed by atoms with Gasteiger partial charge in [-0.2, -0.15) is 0 Å². The molecule has 90 valence electrons. The average Bonchev–Trinajstić information content (AvgIpc) is 2.36. The maximum atomic E-state index is 6.39. The van der Waals surface area contributed by atoms with Gasteiger partial charge < -0.3 is 10.5 Å². The molecule has 1 unspecified atom stereocenters. The number of methoxy groups -OCH3 is 1. The number of rotatable bonds is 4. The minimum atomic E-state index is -0.378. The van der Waals surface area contributed by atoms with Gasteiger partial charge in [0.25, 0.3) is 0 Å². The fraction of sp³-hybridized carbons (Fsp3) is 0.357. The van der Waals surface area contributed by atoms with Crippen LogP contribution in [0.15, 0.2) is 36.7 Å². The van der Waals surface area contributed by atoms with Gasteiger partial charge >= 0.3 is 0 Å². The van der Waals surface area contributed by atoms with Crippen LogP contribution in [0.2, 0.25) is 0 Å². The summed E-state index contributed by atoms with van der Waals surface area (Å²) in [6, 6.07) is 8.18. The zero-order chi connectivity index (χ0) is 12.3. The van der Waals surface area contributed by atoms with Crippen molar-refractivity contribution in [3.05, 3.63) is 42.2 Å². The van der Waals surface area contributed by atoms with Crippen LogP contribution in [-0.2, 0) is 10.3 Å². The summed E-state index contributed by atoms with van der Waals surface area (Å²) in [6.45, 7) is 2.70. The number of benzene rings is 1. The Balaban J connectivity index is 2.47. The Labute approximate surface area is 102 Å². The molecule has 0 aliphatic rings. The minimum absolute atomic E-state index is 0.378. The number of nitrogens with zero attached hydrogens (tertiary/aromatic N) is 1. The highest BCUT2D eigenvalue weighted by molar-refractivity contribution is 5.85. The molecule has 0 aliphatic carbocycles. The monoisotopic (exact) mass is 230 g/mol. The molecule has 1 aromatic carbocycles. The predicted molar refractivity (Wildman–Crippen MR) is 69.8 cm³/mol. The number of nitrogens with two attached hydrogens (primary N) is 1. The van der Waals surface area contributed by atoms with Crippen molar-refractivity contribution in [2.45, 2.75) is 18.9 Å². The number of pyridine rings is 1. The second-order valence-corrected chi connectivity index (χ2v) is 4.56. The van der Waals surface area contributed by atoms with Crippen LogP contribution in [0.4, 0.5) is 0 Å². The highest BCUT2D eigenvalue weighted by Gasteiger charge is 2.22. The first-order chi connectivity index (χ1) is 8.15. The molecule has 2 aromatic rings. The third-order valence-corrected chi connectivity index (χ3v) is 3.12. The van der Waals surface area contributed by atoms with Gasteiger partial charge in [-0.3, -0.25) is 4.98 Å². The molecule has 17 heavy (non-hydrogen) atoms. The second kappa shape index (κ2) is 4.82. The molecule has 0 saturated heterocycles. The van der Waals surface area contributed by atoms with E-state index in [-0.39, 0.29) is 5.54 Å². The van der Waals surface area contributed by atoms with Crippen molar-refractivity contribution in [2.24, 2.45) is 5.73 Å². The van der Waals surface area contributed by atoms with Crippen molar-refractivity contribution in [1.29, 1.82) is 0 Å². The van der Waals surface area contributed by atoms with E-state index in [1.807, 2.05) is 25.3 Å². The number of fused-ring (bicyclic) bond motifs is 1. The molecule has 0 aliphatic heterocycles. The molecule has 2 rings (SSSR count). The average molecular weight is 230 g/mol. The van der Waals surface area contributed by atoms with E-state index in [1.54, 1.807) is 13.3 Å². The highest BCUT2D eigenvalue weighted by atomic mass is 16.5. The number of hydrogen-bond acceptors (Lipinski definition) is 3. The minimum Gasteiger partial charge on any atom is -0.385 e. The summed E-state index contributed by atoms with van der Waals surface area (Å²) < 4.78 is 5.12. The van der Waals surface area contributed by atoms with Gasteiger partial charge in [0, 0.05) is 37.0 Å². The SMILES string of the molecule is COCCC(C)(N)c1cccc2cnccc12. The molecular weight excluding hydrogens is 212 g/mol. The van der Waals surface area contributed by atoms with Crippen LogP contribution >= 0.6 is 0 Å². The lowest BCUT2D eigenvalue weighted by Gasteiger charge is -2.26. The molecule has 1 aromatic heterocycles. The van der Waals surface area contributed by atoms with E-state index in [0.717, 1.165) is 17.4 Å². The maximum Gasteiger partial charge on any atom is 0.0483 e. The molecule has 0 amide bonds. The lowest BCUT2D eigenvalue weighted by Crippen LogP contribution is -2.34. The smallest absolute Gasteiger partial charge is 0.0483 e. The van der Waals surface area contributed by atoms with Gasteiger partial charge in [0.15, 0.2) is 0 Å². The summed E-state index contributed by atoms with van der Waals surface area (Å²) in [5.41, 5.74) is 7.16. The summed E-state index contributed by atoms with van der Waals surface area (Å²) in [4.78, 5) is 4.13. The van der Waals surface area contributed by atoms with Crippen LogP contribution in [0.5, 0.6) is 0 Å². The van der Waals surface area contributed by atoms with Gasteiger partial charge in [0.1, 0.15) is 0 Å². The predicted octanol–water partition coefficient (Wildman–Crippen LogP) is 2.45. The largest absolute Gasteiger partial charge is 0.385 e. The van der Waals surface area contributed by atoms with Crippen LogP contribution < -0.4 is 5.73 Å². The summed E-state index contributed by atoms with van der Waals surface area (Å²) in [5.74, 6) is 0. The van der Waals surface area contributed by atoms with Crippen LogP contribution in [0, 0.1) is 0 Å². The Hall–Kier alpha value is -1.45. The van der Waals surface area contributed by atoms with Gasteiger partial charge in [0.2, 0.25) is 0 Å². The van der Waals surface area contributed by atoms with Crippen LogP contribution in [-0.4, -0.2) is 18.7 Å². The molecular formula is C14H18N2O. The van der Waals surface area contributed by atoms with Crippen molar-refractivity contribution < 1.29 is 4.74 Å². The molecule has 2 N–H and O–H groups in total. The molecule has 0 saturated carbocycles. The summed E-state index contributed by atoms with van der Waals surface area (Å²) in [7, 11) is 1.70. The van der Waals surface area contributed by atoms with E-state index in [1.165, 1.54) is 5.39 Å². The normalized spacial score (nSPS) is 14.8. The maximum absolute atomic E-state index is 6.39. The van der Waals surface area contributed by atoms with Gasteiger partial charge in [0.05, 0.1) is 0 Å².